The standard InChI is InChI=1S/C15H8BrN3OS/c16-12-6-7-13(11(8-12)9-17)20-15-18-14(19-21-15)10-4-2-1-3-5-10/h1-8H. The van der Waals surface area contributed by atoms with Crippen LogP contribution in [0.15, 0.2) is 53.0 Å². The van der Waals surface area contributed by atoms with E-state index < -0.39 is 0 Å². The molecule has 0 saturated heterocycles. The second-order valence-corrected chi connectivity index (χ2v) is 5.73. The van der Waals surface area contributed by atoms with Crippen molar-refractivity contribution in [3.8, 4) is 28.4 Å². The minimum absolute atomic E-state index is 0.410. The molecule has 0 aliphatic rings. The molecule has 0 aliphatic carbocycles. The number of ether oxygens (including phenoxy) is 1. The van der Waals surface area contributed by atoms with Gasteiger partial charge in [0, 0.05) is 21.6 Å². The van der Waals surface area contributed by atoms with Gasteiger partial charge in [0.05, 0.1) is 5.56 Å². The summed E-state index contributed by atoms with van der Waals surface area (Å²) in [5, 5.41) is 9.53. The molecule has 0 unspecified atom stereocenters. The molecule has 1 aromatic heterocycles. The minimum atomic E-state index is 0.410. The van der Waals surface area contributed by atoms with Crippen LogP contribution in [0.1, 0.15) is 5.56 Å². The average Bonchev–Trinajstić information content (AvgIpc) is 2.98. The Hall–Kier alpha value is -2.23. The summed E-state index contributed by atoms with van der Waals surface area (Å²) >= 11 is 4.48. The van der Waals surface area contributed by atoms with E-state index in [1.165, 1.54) is 0 Å². The molecule has 0 radical (unpaired) electrons. The van der Waals surface area contributed by atoms with Crippen molar-refractivity contribution >= 4 is 27.5 Å². The van der Waals surface area contributed by atoms with E-state index in [0.717, 1.165) is 21.6 Å². The van der Waals surface area contributed by atoms with Gasteiger partial charge in [-0.25, -0.2) is 0 Å². The molecule has 2 aromatic carbocycles. The Morgan fingerprint density at radius 1 is 1.14 bits per heavy atom. The minimum Gasteiger partial charge on any atom is -0.428 e. The van der Waals surface area contributed by atoms with E-state index in [1.807, 2.05) is 36.4 Å². The van der Waals surface area contributed by atoms with E-state index in [-0.39, 0.29) is 0 Å². The second-order valence-electron chi connectivity index (χ2n) is 4.10. The first-order chi connectivity index (χ1) is 10.3. The molecule has 21 heavy (non-hydrogen) atoms. The number of nitriles is 1. The van der Waals surface area contributed by atoms with Crippen LogP contribution in [-0.4, -0.2) is 9.36 Å². The van der Waals surface area contributed by atoms with Crippen molar-refractivity contribution in [1.29, 1.82) is 5.26 Å². The molecule has 3 rings (SSSR count). The predicted molar refractivity (Wildman–Crippen MR) is 84.3 cm³/mol. The normalized spacial score (nSPS) is 10.1. The Morgan fingerprint density at radius 2 is 1.95 bits per heavy atom. The Bertz CT molecular complexity index is 811. The van der Waals surface area contributed by atoms with Gasteiger partial charge in [0.15, 0.2) is 5.82 Å². The molecular formula is C15H8BrN3OS. The van der Waals surface area contributed by atoms with Crippen LogP contribution in [0.3, 0.4) is 0 Å². The summed E-state index contributed by atoms with van der Waals surface area (Å²) in [4.78, 5) is 4.34. The zero-order valence-electron chi connectivity index (χ0n) is 10.7. The molecule has 0 bridgehead atoms. The van der Waals surface area contributed by atoms with Gasteiger partial charge in [-0.1, -0.05) is 46.3 Å². The summed E-state index contributed by atoms with van der Waals surface area (Å²) in [6.07, 6.45) is 0. The summed E-state index contributed by atoms with van der Waals surface area (Å²) < 4.78 is 10.8. The van der Waals surface area contributed by atoms with Crippen LogP contribution in [0.4, 0.5) is 0 Å². The average molecular weight is 358 g/mol. The van der Waals surface area contributed by atoms with E-state index in [2.05, 4.69) is 31.4 Å². The van der Waals surface area contributed by atoms with Crippen molar-refractivity contribution in [2.75, 3.05) is 0 Å². The van der Waals surface area contributed by atoms with Crippen LogP contribution >= 0.6 is 27.5 Å². The van der Waals surface area contributed by atoms with Crippen molar-refractivity contribution in [3.05, 3.63) is 58.6 Å². The van der Waals surface area contributed by atoms with Crippen molar-refractivity contribution in [2.24, 2.45) is 0 Å². The Morgan fingerprint density at radius 3 is 2.71 bits per heavy atom. The third-order valence-electron chi connectivity index (χ3n) is 2.70. The van der Waals surface area contributed by atoms with Crippen LogP contribution < -0.4 is 4.74 Å². The maximum atomic E-state index is 9.12. The van der Waals surface area contributed by atoms with Gasteiger partial charge in [-0.05, 0) is 18.2 Å². The SMILES string of the molecule is N#Cc1cc(Br)ccc1Oc1nc(-c2ccccc2)ns1. The Labute approximate surface area is 134 Å². The molecule has 6 heteroatoms. The van der Waals surface area contributed by atoms with Crippen LogP contribution in [0.5, 0.6) is 10.9 Å². The first-order valence-corrected chi connectivity index (χ1v) is 7.59. The lowest BCUT2D eigenvalue weighted by molar-refractivity contribution is 0.477. The topological polar surface area (TPSA) is 58.8 Å². The zero-order valence-corrected chi connectivity index (χ0v) is 13.1. The molecule has 102 valence electrons. The number of hydrogen-bond donors (Lipinski definition) is 0. The van der Waals surface area contributed by atoms with E-state index in [4.69, 9.17) is 10.00 Å². The highest BCUT2D eigenvalue weighted by molar-refractivity contribution is 9.10. The fourth-order valence-corrected chi connectivity index (χ4v) is 2.65. The van der Waals surface area contributed by atoms with E-state index in [1.54, 1.807) is 12.1 Å². The summed E-state index contributed by atoms with van der Waals surface area (Å²) in [6.45, 7) is 0. The lowest BCUT2D eigenvalue weighted by Gasteiger charge is -2.03. The second kappa shape index (κ2) is 6.04. The van der Waals surface area contributed by atoms with Gasteiger partial charge < -0.3 is 4.74 Å². The van der Waals surface area contributed by atoms with Gasteiger partial charge in [0.2, 0.25) is 0 Å². The van der Waals surface area contributed by atoms with Crippen molar-refractivity contribution in [2.45, 2.75) is 0 Å². The van der Waals surface area contributed by atoms with E-state index in [0.29, 0.717) is 22.3 Å². The lowest BCUT2D eigenvalue weighted by Crippen LogP contribution is -1.88. The Kier molecular flexibility index (Phi) is 3.95. The fraction of sp³-hybridized carbons (Fsp3) is 0. The number of aromatic nitrogens is 2. The van der Waals surface area contributed by atoms with Gasteiger partial charge in [0.25, 0.3) is 5.19 Å². The molecule has 0 fully saturated rings. The highest BCUT2D eigenvalue weighted by atomic mass is 79.9. The van der Waals surface area contributed by atoms with Gasteiger partial charge in [0.1, 0.15) is 11.8 Å². The maximum absolute atomic E-state index is 9.12. The molecular weight excluding hydrogens is 350 g/mol. The van der Waals surface area contributed by atoms with Crippen LogP contribution in [0.2, 0.25) is 0 Å². The quantitative estimate of drug-likeness (QED) is 0.685. The highest BCUT2D eigenvalue weighted by Gasteiger charge is 2.11. The molecule has 0 spiro atoms. The Balaban J connectivity index is 1.87. The number of halogens is 1. The molecule has 0 saturated carbocycles. The first-order valence-electron chi connectivity index (χ1n) is 6.03. The van der Waals surface area contributed by atoms with E-state index in [9.17, 15) is 0 Å². The third-order valence-corrected chi connectivity index (χ3v) is 3.79. The van der Waals surface area contributed by atoms with Gasteiger partial charge in [-0.2, -0.15) is 14.6 Å². The third kappa shape index (κ3) is 3.10. The molecule has 1 heterocycles. The largest absolute Gasteiger partial charge is 0.428 e. The summed E-state index contributed by atoms with van der Waals surface area (Å²) in [7, 11) is 0. The smallest absolute Gasteiger partial charge is 0.299 e. The summed E-state index contributed by atoms with van der Waals surface area (Å²) in [5.74, 6) is 1.09. The lowest BCUT2D eigenvalue weighted by atomic mass is 10.2. The molecule has 3 aromatic rings. The number of hydrogen-bond acceptors (Lipinski definition) is 5. The molecule has 4 nitrogen and oxygen atoms in total. The number of nitrogens with zero attached hydrogens (tertiary/aromatic N) is 3. The zero-order chi connectivity index (χ0) is 14.7. The van der Waals surface area contributed by atoms with Crippen LogP contribution in [0.25, 0.3) is 11.4 Å². The first kappa shape index (κ1) is 13.7. The summed E-state index contributed by atoms with van der Waals surface area (Å²) in [6, 6.07) is 17.0. The molecule has 0 aliphatic heterocycles. The van der Waals surface area contributed by atoms with Crippen LogP contribution in [0, 0.1) is 11.3 Å². The van der Waals surface area contributed by atoms with Crippen LogP contribution in [-0.2, 0) is 0 Å². The van der Waals surface area contributed by atoms with Crippen molar-refractivity contribution < 1.29 is 4.74 Å². The predicted octanol–water partition coefficient (Wildman–Crippen LogP) is 4.63. The summed E-state index contributed by atoms with van der Waals surface area (Å²) in [5.41, 5.74) is 1.38. The monoisotopic (exact) mass is 357 g/mol. The van der Waals surface area contributed by atoms with Gasteiger partial charge >= 0.3 is 0 Å². The molecule has 0 N–H and O–H groups in total. The molecule has 0 amide bonds. The van der Waals surface area contributed by atoms with Crippen molar-refractivity contribution in [3.63, 3.8) is 0 Å². The molecule has 0 atom stereocenters. The van der Waals surface area contributed by atoms with Gasteiger partial charge in [-0.15, -0.1) is 0 Å². The number of benzene rings is 2. The van der Waals surface area contributed by atoms with E-state index >= 15 is 0 Å². The van der Waals surface area contributed by atoms with Crippen molar-refractivity contribution in [1.82, 2.24) is 9.36 Å². The number of rotatable bonds is 3. The highest BCUT2D eigenvalue weighted by Crippen LogP contribution is 2.30. The van der Waals surface area contributed by atoms with Gasteiger partial charge in [-0.3, -0.25) is 0 Å². The fourth-order valence-electron chi connectivity index (χ4n) is 1.73. The maximum Gasteiger partial charge on any atom is 0.299 e.